The third kappa shape index (κ3) is 1.71. The van der Waals surface area contributed by atoms with E-state index in [4.69, 9.17) is 0 Å². The predicted molar refractivity (Wildman–Crippen MR) is 69.0 cm³/mol. The van der Waals surface area contributed by atoms with E-state index in [1.807, 2.05) is 25.1 Å². The van der Waals surface area contributed by atoms with Crippen molar-refractivity contribution in [1.29, 1.82) is 0 Å². The van der Waals surface area contributed by atoms with Gasteiger partial charge in [-0.1, -0.05) is 19.1 Å². The number of aryl methyl sites for hydroxylation is 1. The third-order valence-corrected chi connectivity index (χ3v) is 3.09. The van der Waals surface area contributed by atoms with Crippen molar-refractivity contribution in [3.8, 4) is 0 Å². The molecule has 0 aliphatic carbocycles. The van der Waals surface area contributed by atoms with Crippen LogP contribution < -0.4 is 4.90 Å². The molecule has 2 heterocycles. The zero-order chi connectivity index (χ0) is 13.4. The third-order valence-electron chi connectivity index (χ3n) is 3.09. The number of rotatable bonds is 2. The number of nitrogens with zero attached hydrogens (tertiary/aromatic N) is 3. The molecular formula is C14H11N3O2. The highest BCUT2D eigenvalue weighted by Crippen LogP contribution is 2.26. The summed E-state index contributed by atoms with van der Waals surface area (Å²) in [5.41, 5.74) is 1.87. The Morgan fingerprint density at radius 1 is 1.05 bits per heavy atom. The second-order valence-corrected chi connectivity index (χ2v) is 4.22. The van der Waals surface area contributed by atoms with E-state index >= 15 is 0 Å². The number of carbonyl (C=O) groups is 2. The molecule has 0 spiro atoms. The van der Waals surface area contributed by atoms with Crippen LogP contribution in [0.25, 0.3) is 0 Å². The molecule has 0 N–H and O–H groups in total. The van der Waals surface area contributed by atoms with Gasteiger partial charge < -0.3 is 0 Å². The molecule has 0 fully saturated rings. The van der Waals surface area contributed by atoms with Gasteiger partial charge >= 0.3 is 0 Å². The molecule has 0 saturated heterocycles. The molecule has 2 aromatic rings. The van der Waals surface area contributed by atoms with Crippen molar-refractivity contribution >= 4 is 17.5 Å². The van der Waals surface area contributed by atoms with Gasteiger partial charge in [-0.05, 0) is 24.1 Å². The maximum atomic E-state index is 12.2. The predicted octanol–water partition coefficient (Wildman–Crippen LogP) is 1.84. The van der Waals surface area contributed by atoms with Crippen molar-refractivity contribution < 1.29 is 9.59 Å². The molecule has 3 rings (SSSR count). The molecule has 1 aliphatic rings. The molecule has 0 unspecified atom stereocenters. The summed E-state index contributed by atoms with van der Waals surface area (Å²) in [6, 6.07) is 7.36. The summed E-state index contributed by atoms with van der Waals surface area (Å²) >= 11 is 0. The lowest BCUT2D eigenvalue weighted by atomic mass is 10.1. The summed E-state index contributed by atoms with van der Waals surface area (Å²) in [6.07, 6.45) is 3.67. The minimum atomic E-state index is -0.415. The van der Waals surface area contributed by atoms with E-state index in [2.05, 4.69) is 9.97 Å². The van der Waals surface area contributed by atoms with E-state index in [1.165, 1.54) is 12.4 Å². The molecule has 1 aromatic heterocycles. The van der Waals surface area contributed by atoms with Crippen LogP contribution in [0.2, 0.25) is 0 Å². The maximum Gasteiger partial charge on any atom is 0.286 e. The van der Waals surface area contributed by atoms with Crippen molar-refractivity contribution in [2.24, 2.45) is 0 Å². The molecule has 1 aliphatic heterocycles. The number of anilines is 1. The van der Waals surface area contributed by atoms with E-state index in [9.17, 15) is 9.59 Å². The maximum absolute atomic E-state index is 12.2. The Kier molecular flexibility index (Phi) is 2.59. The van der Waals surface area contributed by atoms with Crippen LogP contribution in [-0.4, -0.2) is 21.8 Å². The molecule has 0 bridgehead atoms. The second kappa shape index (κ2) is 4.28. The van der Waals surface area contributed by atoms with Crippen LogP contribution in [-0.2, 0) is 6.42 Å². The number of fused-ring (bicyclic) bond motifs is 1. The first-order valence-corrected chi connectivity index (χ1v) is 6.01. The van der Waals surface area contributed by atoms with Crippen LogP contribution in [0.3, 0.4) is 0 Å². The average molecular weight is 253 g/mol. The Morgan fingerprint density at radius 3 is 2.26 bits per heavy atom. The molecule has 5 nitrogen and oxygen atoms in total. The number of carbonyl (C=O) groups excluding carboxylic acids is 2. The van der Waals surface area contributed by atoms with Crippen molar-refractivity contribution in [2.45, 2.75) is 13.3 Å². The largest absolute Gasteiger partial charge is 0.286 e. The topological polar surface area (TPSA) is 63.2 Å². The second-order valence-electron chi connectivity index (χ2n) is 4.22. The molecule has 1 aromatic carbocycles. The van der Waals surface area contributed by atoms with Crippen molar-refractivity contribution in [3.63, 3.8) is 0 Å². The fraction of sp³-hybridized carbons (Fsp3) is 0.143. The highest BCUT2D eigenvalue weighted by molar-refractivity contribution is 6.33. The number of amides is 2. The van der Waals surface area contributed by atoms with Gasteiger partial charge in [0.25, 0.3) is 11.8 Å². The monoisotopic (exact) mass is 253 g/mol. The highest BCUT2D eigenvalue weighted by Gasteiger charge is 2.39. The van der Waals surface area contributed by atoms with Crippen LogP contribution in [0.4, 0.5) is 5.69 Å². The van der Waals surface area contributed by atoms with E-state index in [-0.39, 0.29) is 11.4 Å². The van der Waals surface area contributed by atoms with E-state index in [0.29, 0.717) is 5.69 Å². The fourth-order valence-corrected chi connectivity index (χ4v) is 2.11. The van der Waals surface area contributed by atoms with Gasteiger partial charge in [0.1, 0.15) is 0 Å². The van der Waals surface area contributed by atoms with Crippen LogP contribution in [0.15, 0.2) is 36.7 Å². The minimum absolute atomic E-state index is 0.120. The summed E-state index contributed by atoms with van der Waals surface area (Å²) in [5, 5.41) is 0. The van der Waals surface area contributed by atoms with Gasteiger partial charge in [-0.25, -0.2) is 14.9 Å². The van der Waals surface area contributed by atoms with E-state index < -0.39 is 11.8 Å². The van der Waals surface area contributed by atoms with Gasteiger partial charge in [-0.2, -0.15) is 0 Å². The van der Waals surface area contributed by atoms with Gasteiger partial charge in [0.2, 0.25) is 0 Å². The Balaban J connectivity index is 2.08. The van der Waals surface area contributed by atoms with Crippen molar-refractivity contribution in [2.75, 3.05) is 4.90 Å². The zero-order valence-electron chi connectivity index (χ0n) is 10.3. The Morgan fingerprint density at radius 2 is 1.68 bits per heavy atom. The quantitative estimate of drug-likeness (QED) is 0.766. The normalized spacial score (nSPS) is 13.8. The van der Waals surface area contributed by atoms with Crippen LogP contribution in [0, 0.1) is 0 Å². The molecule has 0 atom stereocenters. The van der Waals surface area contributed by atoms with Crippen LogP contribution >= 0.6 is 0 Å². The molecule has 19 heavy (non-hydrogen) atoms. The lowest BCUT2D eigenvalue weighted by Crippen LogP contribution is -2.29. The number of hydrogen-bond acceptors (Lipinski definition) is 4. The fourth-order valence-electron chi connectivity index (χ4n) is 2.11. The average Bonchev–Trinajstić information content (AvgIpc) is 2.72. The first-order valence-electron chi connectivity index (χ1n) is 6.01. The first kappa shape index (κ1) is 11.5. The van der Waals surface area contributed by atoms with E-state index in [0.717, 1.165) is 16.9 Å². The van der Waals surface area contributed by atoms with Gasteiger partial charge in [-0.15, -0.1) is 0 Å². The SMILES string of the molecule is CCc1cccc(N2C(=O)c3nccnc3C2=O)c1. The van der Waals surface area contributed by atoms with Gasteiger partial charge in [0, 0.05) is 12.4 Å². The summed E-state index contributed by atoms with van der Waals surface area (Å²) in [6.45, 7) is 2.02. The standard InChI is InChI=1S/C14H11N3O2/c1-2-9-4-3-5-10(8-9)17-13(18)11-12(14(17)19)16-7-6-15-11/h3-8H,2H2,1H3. The summed E-state index contributed by atoms with van der Waals surface area (Å²) < 4.78 is 0. The van der Waals surface area contributed by atoms with E-state index in [1.54, 1.807) is 6.07 Å². The van der Waals surface area contributed by atoms with Gasteiger partial charge in [0.15, 0.2) is 11.4 Å². The molecule has 0 saturated carbocycles. The molecule has 5 heteroatoms. The Labute approximate surface area is 109 Å². The zero-order valence-corrected chi connectivity index (χ0v) is 10.3. The van der Waals surface area contributed by atoms with Crippen LogP contribution in [0.5, 0.6) is 0 Å². The van der Waals surface area contributed by atoms with Gasteiger partial charge in [-0.3, -0.25) is 9.59 Å². The lowest BCUT2D eigenvalue weighted by molar-refractivity contribution is 0.0923. The number of benzene rings is 1. The smallest absolute Gasteiger partial charge is 0.266 e. The van der Waals surface area contributed by atoms with Crippen molar-refractivity contribution in [3.05, 3.63) is 53.6 Å². The Hall–Kier alpha value is -2.56. The molecular weight excluding hydrogens is 242 g/mol. The molecule has 2 amide bonds. The highest BCUT2D eigenvalue weighted by atomic mass is 16.2. The first-order chi connectivity index (χ1) is 9.22. The lowest BCUT2D eigenvalue weighted by Gasteiger charge is -2.13. The number of hydrogen-bond donors (Lipinski definition) is 0. The summed E-state index contributed by atoms with van der Waals surface area (Å²) in [7, 11) is 0. The molecule has 94 valence electrons. The molecule has 0 radical (unpaired) electrons. The number of imide groups is 1. The summed E-state index contributed by atoms with van der Waals surface area (Å²) in [4.78, 5) is 33.4. The van der Waals surface area contributed by atoms with Crippen molar-refractivity contribution in [1.82, 2.24) is 9.97 Å². The minimum Gasteiger partial charge on any atom is -0.266 e. The van der Waals surface area contributed by atoms with Crippen LogP contribution in [0.1, 0.15) is 33.5 Å². The number of aromatic nitrogens is 2. The summed E-state index contributed by atoms with van der Waals surface area (Å²) in [5.74, 6) is -0.831. The Bertz CT molecular complexity index is 647. The van der Waals surface area contributed by atoms with Gasteiger partial charge in [0.05, 0.1) is 5.69 Å².